The smallest absolute Gasteiger partial charge is 0.122 e. The van der Waals surface area contributed by atoms with Crippen molar-refractivity contribution < 1.29 is 4.74 Å². The molecule has 0 spiro atoms. The van der Waals surface area contributed by atoms with E-state index in [2.05, 4.69) is 35.5 Å². The summed E-state index contributed by atoms with van der Waals surface area (Å²) in [6.07, 6.45) is 1.13. The van der Waals surface area contributed by atoms with Crippen molar-refractivity contribution in [1.29, 1.82) is 0 Å². The summed E-state index contributed by atoms with van der Waals surface area (Å²) in [5, 5.41) is 3.19. The average Bonchev–Trinajstić information content (AvgIpc) is 2.37. The van der Waals surface area contributed by atoms with Gasteiger partial charge >= 0.3 is 0 Å². The first-order valence-electron chi connectivity index (χ1n) is 6.36. The first-order chi connectivity index (χ1) is 8.31. The highest BCUT2D eigenvalue weighted by atomic mass is 16.5. The highest BCUT2D eigenvalue weighted by Gasteiger charge is 2.21. The van der Waals surface area contributed by atoms with Crippen molar-refractivity contribution in [3.8, 4) is 5.75 Å². The number of likely N-dealkylation sites (N-methyl/N-ethyl adjacent to an activating group) is 2. The number of benzene rings is 1. The number of hydrogen-bond acceptors (Lipinski definition) is 3. The van der Waals surface area contributed by atoms with Crippen LogP contribution in [0.2, 0.25) is 0 Å². The Morgan fingerprint density at radius 2 is 2.24 bits per heavy atom. The third-order valence-electron chi connectivity index (χ3n) is 3.36. The van der Waals surface area contributed by atoms with Crippen LogP contribution in [0.4, 0.5) is 0 Å². The summed E-state index contributed by atoms with van der Waals surface area (Å²) < 4.78 is 5.69. The van der Waals surface area contributed by atoms with Gasteiger partial charge in [-0.1, -0.05) is 18.2 Å². The second-order valence-corrected chi connectivity index (χ2v) is 4.74. The van der Waals surface area contributed by atoms with E-state index in [0.717, 1.165) is 38.4 Å². The van der Waals surface area contributed by atoms with E-state index in [0.29, 0.717) is 5.92 Å². The molecular formula is C14H22N2O. The Morgan fingerprint density at radius 3 is 3.06 bits per heavy atom. The number of hydrogen-bond donors (Lipinski definition) is 1. The van der Waals surface area contributed by atoms with Gasteiger partial charge in [-0.25, -0.2) is 0 Å². The zero-order chi connectivity index (χ0) is 12.1. The normalized spacial score (nSPS) is 18.9. The molecule has 3 nitrogen and oxygen atoms in total. The quantitative estimate of drug-likeness (QED) is 0.839. The van der Waals surface area contributed by atoms with E-state index in [1.165, 1.54) is 5.56 Å². The summed E-state index contributed by atoms with van der Waals surface area (Å²) in [6, 6.07) is 8.43. The molecule has 0 radical (unpaired) electrons. The summed E-state index contributed by atoms with van der Waals surface area (Å²) >= 11 is 0. The molecule has 1 aliphatic heterocycles. The first-order valence-corrected chi connectivity index (χ1v) is 6.36. The van der Waals surface area contributed by atoms with Crippen molar-refractivity contribution in [3.63, 3.8) is 0 Å². The minimum Gasteiger partial charge on any atom is -0.493 e. The maximum Gasteiger partial charge on any atom is 0.122 e. The van der Waals surface area contributed by atoms with Crippen LogP contribution in [0.5, 0.6) is 5.75 Å². The highest BCUT2D eigenvalue weighted by Crippen LogP contribution is 2.33. The summed E-state index contributed by atoms with van der Waals surface area (Å²) in [7, 11) is 4.19. The maximum atomic E-state index is 5.69. The number of fused-ring (bicyclic) bond motifs is 1. The molecule has 0 bridgehead atoms. The van der Waals surface area contributed by atoms with Gasteiger partial charge in [0.1, 0.15) is 5.75 Å². The van der Waals surface area contributed by atoms with Gasteiger partial charge in [-0.05, 0) is 32.1 Å². The molecule has 1 unspecified atom stereocenters. The molecule has 17 heavy (non-hydrogen) atoms. The lowest BCUT2D eigenvalue weighted by molar-refractivity contribution is 0.232. The lowest BCUT2D eigenvalue weighted by atomic mass is 9.93. The molecule has 94 valence electrons. The standard InChI is InChI=1S/C14H22N2O/c1-15-8-9-16(2)11-12-7-10-17-14-6-4-3-5-13(12)14/h3-6,12,15H,7-11H2,1-2H3. The van der Waals surface area contributed by atoms with E-state index >= 15 is 0 Å². The molecule has 1 aromatic rings. The van der Waals surface area contributed by atoms with Crippen LogP contribution in [-0.4, -0.2) is 45.2 Å². The monoisotopic (exact) mass is 234 g/mol. The van der Waals surface area contributed by atoms with Gasteiger partial charge in [0.05, 0.1) is 6.61 Å². The maximum absolute atomic E-state index is 5.69. The molecule has 0 saturated carbocycles. The lowest BCUT2D eigenvalue weighted by Crippen LogP contribution is -2.32. The summed E-state index contributed by atoms with van der Waals surface area (Å²) in [5.41, 5.74) is 1.37. The molecule has 1 atom stereocenters. The number of nitrogens with zero attached hydrogens (tertiary/aromatic N) is 1. The van der Waals surface area contributed by atoms with Crippen LogP contribution in [-0.2, 0) is 0 Å². The van der Waals surface area contributed by atoms with Crippen LogP contribution in [0.25, 0.3) is 0 Å². The molecule has 0 amide bonds. The van der Waals surface area contributed by atoms with E-state index in [4.69, 9.17) is 4.74 Å². The Bertz CT molecular complexity index is 354. The van der Waals surface area contributed by atoms with Gasteiger partial charge in [0.15, 0.2) is 0 Å². The Balaban J connectivity index is 1.98. The zero-order valence-corrected chi connectivity index (χ0v) is 10.8. The van der Waals surface area contributed by atoms with Crippen LogP contribution < -0.4 is 10.1 Å². The largest absolute Gasteiger partial charge is 0.493 e. The number of nitrogens with one attached hydrogen (secondary N) is 1. The van der Waals surface area contributed by atoms with Crippen LogP contribution in [0.1, 0.15) is 17.9 Å². The molecule has 1 aliphatic rings. The molecule has 0 fully saturated rings. The second kappa shape index (κ2) is 6.03. The third kappa shape index (κ3) is 3.20. The molecule has 0 saturated heterocycles. The molecule has 2 rings (SSSR count). The predicted molar refractivity (Wildman–Crippen MR) is 70.7 cm³/mol. The van der Waals surface area contributed by atoms with Gasteiger partial charge in [0.25, 0.3) is 0 Å². The van der Waals surface area contributed by atoms with Crippen molar-refractivity contribution >= 4 is 0 Å². The van der Waals surface area contributed by atoms with E-state index < -0.39 is 0 Å². The molecule has 1 aromatic carbocycles. The fraction of sp³-hybridized carbons (Fsp3) is 0.571. The van der Waals surface area contributed by atoms with Gasteiger partial charge in [0, 0.05) is 25.6 Å². The van der Waals surface area contributed by atoms with Gasteiger partial charge < -0.3 is 15.0 Å². The molecule has 1 N–H and O–H groups in total. The van der Waals surface area contributed by atoms with Crippen LogP contribution in [0, 0.1) is 0 Å². The number of rotatable bonds is 5. The zero-order valence-electron chi connectivity index (χ0n) is 10.8. The minimum atomic E-state index is 0.613. The summed E-state index contributed by atoms with van der Waals surface area (Å²) in [6.45, 7) is 4.10. The molecular weight excluding hydrogens is 212 g/mol. The molecule has 0 aromatic heterocycles. The van der Waals surface area contributed by atoms with Crippen molar-refractivity contribution in [2.75, 3.05) is 40.3 Å². The number of ether oxygens (including phenoxy) is 1. The van der Waals surface area contributed by atoms with E-state index in [1.807, 2.05) is 13.1 Å². The summed E-state index contributed by atoms with van der Waals surface area (Å²) in [5.74, 6) is 1.69. The van der Waals surface area contributed by atoms with Gasteiger partial charge in [0.2, 0.25) is 0 Å². The minimum absolute atomic E-state index is 0.613. The average molecular weight is 234 g/mol. The second-order valence-electron chi connectivity index (χ2n) is 4.74. The van der Waals surface area contributed by atoms with Gasteiger partial charge in [-0.15, -0.1) is 0 Å². The van der Waals surface area contributed by atoms with Gasteiger partial charge in [-0.2, -0.15) is 0 Å². The fourth-order valence-corrected chi connectivity index (χ4v) is 2.38. The molecule has 1 heterocycles. The summed E-state index contributed by atoms with van der Waals surface area (Å²) in [4.78, 5) is 2.39. The predicted octanol–water partition coefficient (Wildman–Crippen LogP) is 1.70. The van der Waals surface area contributed by atoms with E-state index in [-0.39, 0.29) is 0 Å². The molecule has 3 heteroatoms. The van der Waals surface area contributed by atoms with Gasteiger partial charge in [-0.3, -0.25) is 0 Å². The van der Waals surface area contributed by atoms with Crippen molar-refractivity contribution in [2.45, 2.75) is 12.3 Å². The molecule has 0 aliphatic carbocycles. The Kier molecular flexibility index (Phi) is 4.40. The lowest BCUT2D eigenvalue weighted by Gasteiger charge is -2.29. The number of para-hydroxylation sites is 1. The topological polar surface area (TPSA) is 24.5 Å². The Hall–Kier alpha value is -1.06. The van der Waals surface area contributed by atoms with E-state index in [9.17, 15) is 0 Å². The first kappa shape index (κ1) is 12.4. The Morgan fingerprint density at radius 1 is 1.41 bits per heavy atom. The SMILES string of the molecule is CNCCN(C)CC1CCOc2ccccc21. The van der Waals surface area contributed by atoms with E-state index in [1.54, 1.807) is 0 Å². The highest BCUT2D eigenvalue weighted by molar-refractivity contribution is 5.37. The van der Waals surface area contributed by atoms with Crippen molar-refractivity contribution in [3.05, 3.63) is 29.8 Å². The third-order valence-corrected chi connectivity index (χ3v) is 3.36. The van der Waals surface area contributed by atoms with Crippen molar-refractivity contribution in [1.82, 2.24) is 10.2 Å². The van der Waals surface area contributed by atoms with Crippen LogP contribution in [0.15, 0.2) is 24.3 Å². The van der Waals surface area contributed by atoms with Crippen molar-refractivity contribution in [2.24, 2.45) is 0 Å². The fourth-order valence-electron chi connectivity index (χ4n) is 2.38. The van der Waals surface area contributed by atoms with Crippen LogP contribution >= 0.6 is 0 Å². The Labute approximate surface area is 104 Å². The van der Waals surface area contributed by atoms with Crippen LogP contribution in [0.3, 0.4) is 0 Å².